The second-order valence-corrected chi connectivity index (χ2v) is 22.4. The lowest BCUT2D eigenvalue weighted by molar-refractivity contribution is -0.133. The van der Waals surface area contributed by atoms with Gasteiger partial charge in [0.05, 0.1) is 29.9 Å². The molecule has 3 N–H and O–H groups in total. The zero-order valence-corrected chi connectivity index (χ0v) is 52.7. The van der Waals surface area contributed by atoms with Crippen molar-refractivity contribution in [3.05, 3.63) is 154 Å². The number of phenolic OH excluding ortho intramolecular Hbond substituents is 2. The molecule has 8 aromatic rings. The Kier molecular flexibility index (Phi) is 30.0. The Morgan fingerprint density at radius 2 is 0.767 bits per heavy atom. The number of hydrogen-bond acceptors (Lipinski definition) is 16. The van der Waals surface area contributed by atoms with E-state index in [2.05, 4.69) is 57.3 Å². The highest BCUT2D eigenvalue weighted by atomic mass is 16.7. The van der Waals surface area contributed by atoms with Crippen molar-refractivity contribution in [1.82, 2.24) is 35.2 Å². The van der Waals surface area contributed by atoms with E-state index >= 15 is 0 Å². The lowest BCUT2D eigenvalue weighted by Crippen LogP contribution is -2.27. The number of aryl methyl sites for hydroxylation is 8. The summed E-state index contributed by atoms with van der Waals surface area (Å²) < 4.78 is 29.8. The second kappa shape index (κ2) is 36.4. The maximum absolute atomic E-state index is 11.4. The summed E-state index contributed by atoms with van der Waals surface area (Å²) in [7, 11) is 0. The van der Waals surface area contributed by atoms with Gasteiger partial charge in [0.2, 0.25) is 0 Å². The van der Waals surface area contributed by atoms with Gasteiger partial charge in [-0.2, -0.15) is 0 Å². The van der Waals surface area contributed by atoms with E-state index in [1.54, 1.807) is 50.2 Å². The average molecular weight is 1230 g/mol. The number of phenols is 2. The molecular weight excluding hydrogens is 1130 g/mol. The molecule has 0 aliphatic carbocycles. The summed E-state index contributed by atoms with van der Waals surface area (Å²) in [6.45, 7) is 27.0. The number of rotatable bonds is 29. The Hall–Kier alpha value is -8.28. The third-order valence-corrected chi connectivity index (χ3v) is 14.7. The van der Waals surface area contributed by atoms with E-state index in [1.165, 1.54) is 0 Å². The molecule has 16 nitrogen and oxygen atoms in total. The van der Waals surface area contributed by atoms with Crippen LogP contribution in [-0.4, -0.2) is 110 Å². The summed E-state index contributed by atoms with van der Waals surface area (Å²) in [5.74, 6) is 4.18. The number of ether oxygens (including phenoxy) is 5. The van der Waals surface area contributed by atoms with Crippen molar-refractivity contribution in [3.8, 4) is 91.3 Å². The van der Waals surface area contributed by atoms with Crippen LogP contribution in [0.5, 0.6) is 23.0 Å². The Morgan fingerprint density at radius 3 is 1.08 bits per heavy atom. The molecule has 16 heteroatoms. The SMILES string of the molecule is C.C.C.CC(=O)CCCCOCCNCCC(C)=O.CCC(COc1ccc(-c2nc(-c3ccc(C)cc3C)nc(-c3ccc(C)cc3C)n2)c(O)c1)OCOC(CC)COc1ccc(-c2nc(-c3ccc(C)cc3C)nc(-c3ccc(C)cc3C)n2)c(O)c1. The quantitative estimate of drug-likeness (QED) is 0.0294. The van der Waals surface area contributed by atoms with Crippen molar-refractivity contribution in [3.63, 3.8) is 0 Å². The molecule has 90 heavy (non-hydrogen) atoms. The molecule has 2 unspecified atom stereocenters. The molecule has 6 aromatic carbocycles. The monoisotopic (exact) mass is 1230 g/mol. The van der Waals surface area contributed by atoms with Gasteiger partial charge in [-0.3, -0.25) is 4.79 Å². The van der Waals surface area contributed by atoms with Gasteiger partial charge in [-0.25, -0.2) is 29.9 Å². The Balaban J connectivity index is 0.000000801. The number of nitrogens with zero attached hydrogens (tertiary/aromatic N) is 6. The van der Waals surface area contributed by atoms with Gasteiger partial charge in [-0.05, 0) is 141 Å². The largest absolute Gasteiger partial charge is 0.507 e. The van der Waals surface area contributed by atoms with Crippen LogP contribution in [0.1, 0.15) is 133 Å². The van der Waals surface area contributed by atoms with Crippen LogP contribution in [0.25, 0.3) is 68.3 Å². The minimum Gasteiger partial charge on any atom is -0.507 e. The van der Waals surface area contributed by atoms with Gasteiger partial charge in [0, 0.05) is 66.9 Å². The third kappa shape index (κ3) is 21.7. The maximum Gasteiger partial charge on any atom is 0.167 e. The van der Waals surface area contributed by atoms with Crippen molar-refractivity contribution >= 4 is 11.6 Å². The van der Waals surface area contributed by atoms with Crippen molar-refractivity contribution in [2.24, 2.45) is 0 Å². The molecule has 0 fully saturated rings. The van der Waals surface area contributed by atoms with Crippen LogP contribution in [-0.2, 0) is 23.8 Å². The van der Waals surface area contributed by atoms with Crippen LogP contribution in [0, 0.1) is 55.4 Å². The summed E-state index contributed by atoms with van der Waals surface area (Å²) in [4.78, 5) is 50.5. The van der Waals surface area contributed by atoms with Crippen LogP contribution in [0.3, 0.4) is 0 Å². The van der Waals surface area contributed by atoms with Crippen LogP contribution in [0.4, 0.5) is 0 Å². The first kappa shape index (κ1) is 74.2. The minimum absolute atomic E-state index is 0. The van der Waals surface area contributed by atoms with Crippen LogP contribution in [0.15, 0.2) is 109 Å². The molecule has 0 aliphatic rings. The molecule has 2 aromatic heterocycles. The number of carbonyl (C=O) groups is 2. The van der Waals surface area contributed by atoms with Crippen molar-refractivity contribution < 1.29 is 43.5 Å². The third-order valence-electron chi connectivity index (χ3n) is 14.7. The van der Waals surface area contributed by atoms with Crippen molar-refractivity contribution in [2.75, 3.05) is 46.3 Å². The van der Waals surface area contributed by atoms with Gasteiger partial charge in [0.15, 0.2) is 34.9 Å². The fraction of sp³-hybridized carbons (Fsp3) is 0.405. The van der Waals surface area contributed by atoms with E-state index in [4.69, 9.17) is 53.6 Å². The minimum atomic E-state index is -0.287. The fourth-order valence-corrected chi connectivity index (χ4v) is 9.70. The van der Waals surface area contributed by atoms with Crippen LogP contribution >= 0.6 is 0 Å². The summed E-state index contributed by atoms with van der Waals surface area (Å²) in [6.07, 6.45) is 3.84. The predicted molar refractivity (Wildman–Crippen MR) is 363 cm³/mol. The van der Waals surface area contributed by atoms with Crippen molar-refractivity contribution in [2.45, 2.75) is 156 Å². The van der Waals surface area contributed by atoms with Crippen molar-refractivity contribution in [1.29, 1.82) is 0 Å². The summed E-state index contributed by atoms with van der Waals surface area (Å²) >= 11 is 0. The zero-order chi connectivity index (χ0) is 62.6. The number of Topliss-reactive ketones (excluding diaryl/α,β-unsaturated/α-hetero) is 2. The molecular formula is C74H97N7O9. The Morgan fingerprint density at radius 1 is 0.433 bits per heavy atom. The highest BCUT2D eigenvalue weighted by Gasteiger charge is 2.21. The zero-order valence-electron chi connectivity index (χ0n) is 52.7. The topological polar surface area (TPSA) is 210 Å². The molecule has 0 spiro atoms. The lowest BCUT2D eigenvalue weighted by atomic mass is 10.0. The summed E-state index contributed by atoms with van der Waals surface area (Å²) in [6, 6.07) is 35.0. The standard InChI is InChI=1S/C59H62N6O6.C12H23NO3.3CH4/c1-11-42(31-68-44-17-23-50(52(66)29-44)58-62-54(46-19-13-34(3)25-38(46)7)60-55(63-58)47-20-14-35(4)26-39(47)8)70-33-71-43(12-2)32-69-45-18-24-51(53(67)30-45)59-64-56(48-21-15-36(5)27-40(48)9)61-57(65-59)49-22-16-37(6)28-41(49)10;1-11(14)5-3-4-9-16-10-8-13-7-6-12(2)15;;;/h13-30,42-43,66-67H,11-12,31-33H2,1-10H3;13H,3-10H2,1-2H3;3*1H4. The van der Waals surface area contributed by atoms with E-state index < -0.39 is 0 Å². The highest BCUT2D eigenvalue weighted by Crippen LogP contribution is 2.36. The number of benzene rings is 6. The fourth-order valence-electron chi connectivity index (χ4n) is 9.70. The molecule has 0 amide bonds. The molecule has 2 heterocycles. The lowest BCUT2D eigenvalue weighted by Gasteiger charge is -2.21. The normalized spacial score (nSPS) is 11.5. The van der Waals surface area contributed by atoms with E-state index in [1.807, 2.05) is 90.1 Å². The van der Waals surface area contributed by atoms with E-state index in [0.717, 1.165) is 92.7 Å². The number of carbonyl (C=O) groups excluding carboxylic acids is 2. The van der Waals surface area contributed by atoms with E-state index in [9.17, 15) is 19.8 Å². The molecule has 482 valence electrons. The van der Waals surface area contributed by atoms with Gasteiger partial charge in [0.25, 0.3) is 0 Å². The van der Waals surface area contributed by atoms with E-state index in [-0.39, 0.29) is 77.6 Å². The first-order chi connectivity index (χ1) is 41.8. The Bertz CT molecular complexity index is 3250. The second-order valence-electron chi connectivity index (χ2n) is 22.4. The summed E-state index contributed by atoms with van der Waals surface area (Å²) in [5.41, 5.74) is 13.3. The van der Waals surface area contributed by atoms with E-state index in [0.29, 0.717) is 96.5 Å². The molecule has 2 atom stereocenters. The first-order valence-corrected chi connectivity index (χ1v) is 30.0. The van der Waals surface area contributed by atoms with Gasteiger partial charge >= 0.3 is 0 Å². The van der Waals surface area contributed by atoms with Crippen LogP contribution < -0.4 is 14.8 Å². The Labute approximate surface area is 535 Å². The average Bonchev–Trinajstić information content (AvgIpc) is 0.923. The number of nitrogens with one attached hydrogen (secondary N) is 1. The van der Waals surface area contributed by atoms with Gasteiger partial charge in [0.1, 0.15) is 54.6 Å². The molecule has 8 rings (SSSR count). The smallest absolute Gasteiger partial charge is 0.167 e. The van der Waals surface area contributed by atoms with Gasteiger partial charge in [-0.15, -0.1) is 0 Å². The maximum atomic E-state index is 11.4. The highest BCUT2D eigenvalue weighted by molar-refractivity contribution is 5.76. The number of hydrogen-bond donors (Lipinski definition) is 3. The van der Waals surface area contributed by atoms with Gasteiger partial charge < -0.3 is 44.0 Å². The van der Waals surface area contributed by atoms with Gasteiger partial charge in [-0.1, -0.05) is 131 Å². The molecule has 0 aliphatic heterocycles. The molecule has 0 saturated carbocycles. The number of aromatic hydroxyl groups is 2. The predicted octanol–water partition coefficient (Wildman–Crippen LogP) is 16.2. The molecule has 0 saturated heterocycles. The number of ketones is 2. The number of aromatic nitrogens is 6. The molecule has 0 bridgehead atoms. The summed E-state index contributed by atoms with van der Waals surface area (Å²) in [5, 5.41) is 25.9. The number of unbranched alkanes of at least 4 members (excludes halogenated alkanes) is 1. The van der Waals surface area contributed by atoms with Crippen LogP contribution in [0.2, 0.25) is 0 Å². The molecule has 0 radical (unpaired) electrons. The first-order valence-electron chi connectivity index (χ1n) is 30.0.